The lowest BCUT2D eigenvalue weighted by Crippen LogP contribution is -2.24. The van der Waals surface area contributed by atoms with Crippen LogP contribution in [0.5, 0.6) is 0 Å². The van der Waals surface area contributed by atoms with Crippen molar-refractivity contribution in [2.75, 3.05) is 0 Å². The summed E-state index contributed by atoms with van der Waals surface area (Å²) in [7, 11) is 0. The number of hydrogen-bond donors (Lipinski definition) is 2. The molecule has 4 nitrogen and oxygen atoms in total. The quantitative estimate of drug-likeness (QED) is 0.617. The highest BCUT2D eigenvalue weighted by molar-refractivity contribution is 5.57. The van der Waals surface area contributed by atoms with Gasteiger partial charge in [0, 0.05) is 12.7 Å². The summed E-state index contributed by atoms with van der Waals surface area (Å²) < 4.78 is 0. The van der Waals surface area contributed by atoms with E-state index < -0.39 is 6.04 Å². The summed E-state index contributed by atoms with van der Waals surface area (Å²) in [6, 6.07) is 3.29. The fraction of sp³-hybridized carbons (Fsp3) is 0.333. The molecule has 0 radical (unpaired) electrons. The van der Waals surface area contributed by atoms with Gasteiger partial charge in [-0.3, -0.25) is 4.98 Å². The van der Waals surface area contributed by atoms with Gasteiger partial charge in [-0.15, -0.1) is 0 Å². The lowest BCUT2D eigenvalue weighted by molar-refractivity contribution is -0.108. The summed E-state index contributed by atoms with van der Waals surface area (Å²) in [5.41, 5.74) is 12.6. The van der Waals surface area contributed by atoms with Crippen LogP contribution in [0.15, 0.2) is 18.3 Å². The van der Waals surface area contributed by atoms with Crippen LogP contribution in [-0.2, 0) is 17.8 Å². The van der Waals surface area contributed by atoms with Crippen LogP contribution in [0.4, 0.5) is 0 Å². The van der Waals surface area contributed by atoms with Gasteiger partial charge in [0.2, 0.25) is 0 Å². The van der Waals surface area contributed by atoms with E-state index in [-0.39, 0.29) is 0 Å². The number of carbonyl (C=O) groups is 1. The molecule has 0 saturated carbocycles. The average Bonchev–Trinajstić information content (AvgIpc) is 2.19. The molecule has 70 valence electrons. The molecule has 1 aromatic heterocycles. The first kappa shape index (κ1) is 9.83. The molecule has 1 heterocycles. The first-order valence-corrected chi connectivity index (χ1v) is 4.11. The lowest BCUT2D eigenvalue weighted by atomic mass is 10.1. The van der Waals surface area contributed by atoms with Gasteiger partial charge in [-0.25, -0.2) is 0 Å². The Morgan fingerprint density at radius 2 is 2.31 bits per heavy atom. The summed E-state index contributed by atoms with van der Waals surface area (Å²) in [6.45, 7) is 0.431. The second kappa shape index (κ2) is 4.69. The predicted molar refractivity (Wildman–Crippen MR) is 49.9 cm³/mol. The number of hydrogen-bond acceptors (Lipinski definition) is 4. The van der Waals surface area contributed by atoms with E-state index in [0.29, 0.717) is 13.0 Å². The molecular weight excluding hydrogens is 166 g/mol. The third kappa shape index (κ3) is 2.93. The van der Waals surface area contributed by atoms with Crippen molar-refractivity contribution in [3.63, 3.8) is 0 Å². The number of nitrogens with two attached hydrogens (primary N) is 2. The molecule has 0 amide bonds. The molecule has 4 N–H and O–H groups in total. The zero-order valence-corrected chi connectivity index (χ0v) is 7.31. The number of carbonyl (C=O) groups excluding carboxylic acids is 1. The van der Waals surface area contributed by atoms with E-state index >= 15 is 0 Å². The zero-order valence-electron chi connectivity index (χ0n) is 7.31. The summed E-state index contributed by atoms with van der Waals surface area (Å²) in [5, 5.41) is 0. The summed E-state index contributed by atoms with van der Waals surface area (Å²) >= 11 is 0. The minimum Gasteiger partial charge on any atom is -0.325 e. The largest absolute Gasteiger partial charge is 0.325 e. The van der Waals surface area contributed by atoms with Crippen molar-refractivity contribution in [1.82, 2.24) is 4.98 Å². The number of aldehydes is 1. The van der Waals surface area contributed by atoms with Crippen molar-refractivity contribution in [3.8, 4) is 0 Å². The molecule has 0 aliphatic heterocycles. The van der Waals surface area contributed by atoms with Crippen LogP contribution in [0, 0.1) is 0 Å². The van der Waals surface area contributed by atoms with Gasteiger partial charge in [-0.2, -0.15) is 0 Å². The van der Waals surface area contributed by atoms with E-state index in [4.69, 9.17) is 11.5 Å². The van der Waals surface area contributed by atoms with E-state index in [1.165, 1.54) is 0 Å². The molecule has 1 unspecified atom stereocenters. The standard InChI is InChI=1S/C9H13N3O/c10-4-9-2-1-7(5-12-9)3-8(11)6-13/h1-2,5-6,8H,3-4,10-11H2. The normalized spacial score (nSPS) is 12.5. The fourth-order valence-electron chi connectivity index (χ4n) is 1.02. The summed E-state index contributed by atoms with van der Waals surface area (Å²) in [5.74, 6) is 0. The first-order chi connectivity index (χ1) is 6.26. The van der Waals surface area contributed by atoms with Crippen LogP contribution in [-0.4, -0.2) is 17.3 Å². The monoisotopic (exact) mass is 179 g/mol. The van der Waals surface area contributed by atoms with Gasteiger partial charge >= 0.3 is 0 Å². The Bertz CT molecular complexity index is 271. The van der Waals surface area contributed by atoms with Crippen molar-refractivity contribution in [2.24, 2.45) is 11.5 Å². The van der Waals surface area contributed by atoms with Gasteiger partial charge in [0.1, 0.15) is 6.29 Å². The van der Waals surface area contributed by atoms with Crippen molar-refractivity contribution in [2.45, 2.75) is 19.0 Å². The number of nitrogens with zero attached hydrogens (tertiary/aromatic N) is 1. The smallest absolute Gasteiger partial charge is 0.137 e. The van der Waals surface area contributed by atoms with Crippen LogP contribution in [0.1, 0.15) is 11.3 Å². The van der Waals surface area contributed by atoms with E-state index in [2.05, 4.69) is 4.98 Å². The van der Waals surface area contributed by atoms with Crippen molar-refractivity contribution < 1.29 is 4.79 Å². The Morgan fingerprint density at radius 3 is 2.77 bits per heavy atom. The molecule has 0 spiro atoms. The Morgan fingerprint density at radius 1 is 1.54 bits per heavy atom. The van der Waals surface area contributed by atoms with E-state index in [1.807, 2.05) is 12.1 Å². The van der Waals surface area contributed by atoms with Crippen molar-refractivity contribution in [3.05, 3.63) is 29.6 Å². The van der Waals surface area contributed by atoms with Crippen LogP contribution in [0.25, 0.3) is 0 Å². The average molecular weight is 179 g/mol. The molecule has 1 atom stereocenters. The SMILES string of the molecule is NCc1ccc(CC(N)C=O)cn1. The Balaban J connectivity index is 2.63. The predicted octanol–water partition coefficient (Wildman–Crippen LogP) is -0.391. The fourth-order valence-corrected chi connectivity index (χ4v) is 1.02. The second-order valence-electron chi connectivity index (χ2n) is 2.87. The topological polar surface area (TPSA) is 82.0 Å². The number of aromatic nitrogens is 1. The summed E-state index contributed by atoms with van der Waals surface area (Å²) in [4.78, 5) is 14.4. The minimum absolute atomic E-state index is 0.431. The highest BCUT2D eigenvalue weighted by atomic mass is 16.1. The summed E-state index contributed by atoms with van der Waals surface area (Å²) in [6.07, 6.45) is 2.96. The van der Waals surface area contributed by atoms with Gasteiger partial charge in [0.15, 0.2) is 0 Å². The molecule has 1 rings (SSSR count). The van der Waals surface area contributed by atoms with E-state index in [0.717, 1.165) is 17.5 Å². The molecule has 0 bridgehead atoms. The van der Waals surface area contributed by atoms with Gasteiger partial charge in [-0.1, -0.05) is 6.07 Å². The van der Waals surface area contributed by atoms with Crippen molar-refractivity contribution >= 4 is 6.29 Å². The molecule has 4 heteroatoms. The number of rotatable bonds is 4. The molecular formula is C9H13N3O. The highest BCUT2D eigenvalue weighted by Gasteiger charge is 2.01. The zero-order chi connectivity index (χ0) is 9.68. The van der Waals surface area contributed by atoms with Crippen molar-refractivity contribution in [1.29, 1.82) is 0 Å². The Hall–Kier alpha value is -1.26. The van der Waals surface area contributed by atoms with E-state index in [1.54, 1.807) is 6.20 Å². The maximum absolute atomic E-state index is 10.3. The maximum atomic E-state index is 10.3. The third-order valence-corrected chi connectivity index (χ3v) is 1.74. The van der Waals surface area contributed by atoms with Crippen LogP contribution in [0.3, 0.4) is 0 Å². The van der Waals surface area contributed by atoms with Crippen LogP contribution in [0.2, 0.25) is 0 Å². The molecule has 0 aromatic carbocycles. The van der Waals surface area contributed by atoms with Crippen LogP contribution >= 0.6 is 0 Å². The van der Waals surface area contributed by atoms with Gasteiger partial charge in [0.05, 0.1) is 11.7 Å². The molecule has 13 heavy (non-hydrogen) atoms. The molecule has 0 saturated heterocycles. The van der Waals surface area contributed by atoms with E-state index in [9.17, 15) is 4.79 Å². The molecule has 0 fully saturated rings. The lowest BCUT2D eigenvalue weighted by Gasteiger charge is -2.03. The second-order valence-corrected chi connectivity index (χ2v) is 2.87. The first-order valence-electron chi connectivity index (χ1n) is 4.11. The van der Waals surface area contributed by atoms with Gasteiger partial charge in [-0.05, 0) is 18.1 Å². The molecule has 1 aromatic rings. The highest BCUT2D eigenvalue weighted by Crippen LogP contribution is 2.01. The number of pyridine rings is 1. The maximum Gasteiger partial charge on any atom is 0.137 e. The third-order valence-electron chi connectivity index (χ3n) is 1.74. The van der Waals surface area contributed by atoms with Crippen LogP contribution < -0.4 is 11.5 Å². The Labute approximate surface area is 77.0 Å². The molecule has 0 aliphatic carbocycles. The molecule has 0 aliphatic rings. The Kier molecular flexibility index (Phi) is 3.54. The van der Waals surface area contributed by atoms with Gasteiger partial charge in [0.25, 0.3) is 0 Å². The minimum atomic E-state index is -0.439. The van der Waals surface area contributed by atoms with Gasteiger partial charge < -0.3 is 16.3 Å².